The van der Waals surface area contributed by atoms with Crippen molar-refractivity contribution in [1.82, 2.24) is 0 Å². The summed E-state index contributed by atoms with van der Waals surface area (Å²) in [4.78, 5) is 14.8. The number of nitriles is 1. The van der Waals surface area contributed by atoms with Crippen LogP contribution in [-0.4, -0.2) is 10.2 Å². The summed E-state index contributed by atoms with van der Waals surface area (Å²) in [6, 6.07) is 18.1. The van der Waals surface area contributed by atoms with E-state index in [1.165, 1.54) is 16.7 Å². The zero-order chi connectivity index (χ0) is 20.5. The van der Waals surface area contributed by atoms with E-state index in [9.17, 15) is 10.1 Å². The van der Waals surface area contributed by atoms with Gasteiger partial charge < -0.3 is 4.42 Å². The van der Waals surface area contributed by atoms with Crippen LogP contribution in [0, 0.1) is 11.3 Å². The minimum Gasteiger partial charge on any atom is -0.457 e. The molecule has 1 saturated heterocycles. The molecule has 1 fully saturated rings. The van der Waals surface area contributed by atoms with Gasteiger partial charge in [0, 0.05) is 16.1 Å². The molecule has 0 aliphatic carbocycles. The number of rotatable bonds is 3. The Hall–Kier alpha value is -2.37. The van der Waals surface area contributed by atoms with Crippen LogP contribution in [0.1, 0.15) is 11.3 Å². The lowest BCUT2D eigenvalue weighted by molar-refractivity contribution is -0.113. The third kappa shape index (κ3) is 3.89. The number of halogens is 2. The molecule has 1 amide bonds. The molecule has 4 nitrogen and oxygen atoms in total. The third-order valence-electron chi connectivity index (χ3n) is 4.17. The molecule has 1 aliphatic rings. The molecule has 2 heterocycles. The van der Waals surface area contributed by atoms with Crippen molar-refractivity contribution >= 4 is 73.5 Å². The van der Waals surface area contributed by atoms with E-state index in [1.54, 1.807) is 48.5 Å². The molecule has 8 heteroatoms. The minimum atomic E-state index is -0.242. The lowest BCUT2D eigenvalue weighted by Crippen LogP contribution is -2.27. The topological polar surface area (TPSA) is 57.2 Å². The van der Waals surface area contributed by atoms with Crippen molar-refractivity contribution in [3.05, 3.63) is 80.3 Å². The van der Waals surface area contributed by atoms with Gasteiger partial charge in [-0.15, -0.1) is 0 Å². The summed E-state index contributed by atoms with van der Waals surface area (Å²) in [5, 5.41) is 9.76. The number of nitrogens with zero attached hydrogens (tertiary/aromatic N) is 2. The average molecular weight is 502 g/mol. The molecule has 0 radical (unpaired) electrons. The van der Waals surface area contributed by atoms with Crippen LogP contribution in [0.5, 0.6) is 0 Å². The van der Waals surface area contributed by atoms with Crippen molar-refractivity contribution < 1.29 is 9.21 Å². The first-order valence-corrected chi connectivity index (χ1v) is 10.7. The maximum atomic E-state index is 12.9. The predicted octanol–water partition coefficient (Wildman–Crippen LogP) is 6.64. The summed E-state index contributed by atoms with van der Waals surface area (Å²) < 4.78 is 7.01. The Morgan fingerprint density at radius 2 is 2.00 bits per heavy atom. The summed E-state index contributed by atoms with van der Waals surface area (Å²) in [7, 11) is 0. The van der Waals surface area contributed by atoms with Gasteiger partial charge in [-0.25, -0.2) is 0 Å². The molecule has 0 bridgehead atoms. The molecule has 2 aromatic carbocycles. The van der Waals surface area contributed by atoms with Crippen molar-refractivity contribution in [2.24, 2.45) is 0 Å². The summed E-state index contributed by atoms with van der Waals surface area (Å²) in [5.74, 6) is 0.819. The van der Waals surface area contributed by atoms with Crippen molar-refractivity contribution in [2.75, 3.05) is 4.90 Å². The number of hydrogen-bond donors (Lipinski definition) is 0. The van der Waals surface area contributed by atoms with E-state index in [0.29, 0.717) is 42.6 Å². The van der Waals surface area contributed by atoms with E-state index in [0.717, 1.165) is 4.47 Å². The minimum absolute atomic E-state index is 0.242. The van der Waals surface area contributed by atoms with Crippen molar-refractivity contribution in [3.63, 3.8) is 0 Å². The Bertz CT molecular complexity index is 1230. The number of furan rings is 1. The van der Waals surface area contributed by atoms with Crippen LogP contribution in [-0.2, 0) is 4.79 Å². The van der Waals surface area contributed by atoms with E-state index >= 15 is 0 Å². The molecule has 0 N–H and O–H groups in total. The summed E-state index contributed by atoms with van der Waals surface area (Å²) >= 11 is 16.1. The van der Waals surface area contributed by atoms with E-state index in [2.05, 4.69) is 22.0 Å². The van der Waals surface area contributed by atoms with Crippen molar-refractivity contribution in [1.29, 1.82) is 5.26 Å². The van der Waals surface area contributed by atoms with Crippen LogP contribution in [0.4, 0.5) is 5.69 Å². The van der Waals surface area contributed by atoms with Crippen molar-refractivity contribution in [3.8, 4) is 17.4 Å². The molecule has 0 spiro atoms. The number of thioether (sulfide) groups is 1. The summed E-state index contributed by atoms with van der Waals surface area (Å²) in [5.41, 5.74) is 1.82. The van der Waals surface area contributed by atoms with Gasteiger partial charge in [-0.2, -0.15) is 5.26 Å². The standard InChI is InChI=1S/C21H10BrClN2O2S2/c22-16-7-5-13(9-17(16)23)25-20(26)19(29-21(25)28)10-14-6-8-18(27-14)15-4-2-1-3-12(15)11-24/h1-10H/b19-10+. The highest BCUT2D eigenvalue weighted by atomic mass is 79.9. The number of carbonyl (C=O) groups is 1. The van der Waals surface area contributed by atoms with Crippen LogP contribution < -0.4 is 4.90 Å². The van der Waals surface area contributed by atoms with Crippen LogP contribution in [0.15, 0.2) is 68.4 Å². The highest BCUT2D eigenvalue weighted by Gasteiger charge is 2.33. The maximum absolute atomic E-state index is 12.9. The fourth-order valence-electron chi connectivity index (χ4n) is 2.81. The summed E-state index contributed by atoms with van der Waals surface area (Å²) in [6.45, 7) is 0. The molecule has 0 saturated carbocycles. The number of amides is 1. The van der Waals surface area contributed by atoms with Gasteiger partial charge in [0.2, 0.25) is 0 Å². The molecule has 4 rings (SSSR count). The molecule has 3 aromatic rings. The van der Waals surface area contributed by atoms with Gasteiger partial charge in [0.25, 0.3) is 5.91 Å². The SMILES string of the molecule is N#Cc1ccccc1-c1ccc(/C=C2/SC(=S)N(c3ccc(Br)c(Cl)c3)C2=O)o1. The Morgan fingerprint density at radius 1 is 1.21 bits per heavy atom. The van der Waals surface area contributed by atoms with Crippen LogP contribution in [0.3, 0.4) is 0 Å². The van der Waals surface area contributed by atoms with Crippen LogP contribution in [0.2, 0.25) is 5.02 Å². The van der Waals surface area contributed by atoms with Gasteiger partial charge in [0.15, 0.2) is 4.32 Å². The Kier molecular flexibility index (Phi) is 5.61. The second kappa shape index (κ2) is 8.17. The van der Waals surface area contributed by atoms with Crippen LogP contribution in [0.25, 0.3) is 17.4 Å². The normalized spacial score (nSPS) is 15.2. The smallest absolute Gasteiger partial charge is 0.270 e. The number of thiocarbonyl (C=S) groups is 1. The molecule has 1 aromatic heterocycles. The Labute approximate surface area is 189 Å². The molecule has 29 heavy (non-hydrogen) atoms. The van der Waals surface area contributed by atoms with Gasteiger partial charge >= 0.3 is 0 Å². The predicted molar refractivity (Wildman–Crippen MR) is 124 cm³/mol. The molecule has 0 atom stereocenters. The van der Waals surface area contributed by atoms with Gasteiger partial charge in [0.1, 0.15) is 11.5 Å². The second-order valence-corrected chi connectivity index (χ2v) is 8.91. The zero-order valence-electron chi connectivity index (χ0n) is 14.6. The number of benzene rings is 2. The fourth-order valence-corrected chi connectivity index (χ4v) is 4.51. The third-order valence-corrected chi connectivity index (χ3v) is 6.70. The first kappa shape index (κ1) is 19.9. The van der Waals surface area contributed by atoms with Crippen LogP contribution >= 0.6 is 51.5 Å². The number of anilines is 1. The highest BCUT2D eigenvalue weighted by Crippen LogP contribution is 2.38. The second-order valence-electron chi connectivity index (χ2n) is 5.97. The number of carbonyl (C=O) groups excluding carboxylic acids is 1. The first-order valence-electron chi connectivity index (χ1n) is 8.30. The zero-order valence-corrected chi connectivity index (χ0v) is 18.5. The quantitative estimate of drug-likeness (QED) is 0.297. The van der Waals surface area contributed by atoms with E-state index in [-0.39, 0.29) is 5.91 Å². The monoisotopic (exact) mass is 500 g/mol. The van der Waals surface area contributed by atoms with Gasteiger partial charge in [0.05, 0.1) is 27.2 Å². The Morgan fingerprint density at radius 3 is 2.76 bits per heavy atom. The van der Waals surface area contributed by atoms with E-state index < -0.39 is 0 Å². The molecule has 1 aliphatic heterocycles. The Balaban J connectivity index is 1.64. The molecular weight excluding hydrogens is 492 g/mol. The van der Waals surface area contributed by atoms with Gasteiger partial charge in [-0.05, 0) is 58.4 Å². The van der Waals surface area contributed by atoms with Gasteiger partial charge in [-0.1, -0.05) is 47.7 Å². The highest BCUT2D eigenvalue weighted by molar-refractivity contribution is 9.10. The summed E-state index contributed by atoms with van der Waals surface area (Å²) in [6.07, 6.45) is 1.65. The maximum Gasteiger partial charge on any atom is 0.270 e. The van der Waals surface area contributed by atoms with E-state index in [4.69, 9.17) is 28.2 Å². The number of hydrogen-bond acceptors (Lipinski definition) is 5. The molecule has 0 unspecified atom stereocenters. The van der Waals surface area contributed by atoms with Gasteiger partial charge in [-0.3, -0.25) is 9.69 Å². The molecule has 142 valence electrons. The molecular formula is C21H10BrClN2O2S2. The fraction of sp³-hybridized carbons (Fsp3) is 0. The van der Waals surface area contributed by atoms with Crippen molar-refractivity contribution in [2.45, 2.75) is 0 Å². The lowest BCUT2D eigenvalue weighted by atomic mass is 10.1. The first-order chi connectivity index (χ1) is 14.0. The van der Waals surface area contributed by atoms with E-state index in [1.807, 2.05) is 12.1 Å². The lowest BCUT2D eigenvalue weighted by Gasteiger charge is -2.15. The average Bonchev–Trinajstić information content (AvgIpc) is 3.29. The largest absolute Gasteiger partial charge is 0.457 e.